The van der Waals surface area contributed by atoms with Crippen LogP contribution in [0.5, 0.6) is 11.6 Å². The van der Waals surface area contributed by atoms with E-state index in [1.807, 2.05) is 37.5 Å². The standard InChI is InChI=1S/C18H18BrN3O3/c1-9(2)22-8-20-14-7-15(19)21-17(16(14)22)25-12-5-10(3)11(4)13(6-12)18(23)24/h5-9H,1-4H3,(H,23,24). The molecule has 0 radical (unpaired) electrons. The second-order valence-electron chi connectivity index (χ2n) is 6.18. The number of rotatable bonds is 4. The van der Waals surface area contributed by atoms with Gasteiger partial charge in [-0.15, -0.1) is 0 Å². The van der Waals surface area contributed by atoms with Crippen LogP contribution in [0.3, 0.4) is 0 Å². The number of pyridine rings is 1. The largest absolute Gasteiger partial charge is 0.478 e. The zero-order chi connectivity index (χ0) is 18.3. The molecule has 0 saturated carbocycles. The molecule has 6 nitrogen and oxygen atoms in total. The number of carboxylic acids is 1. The summed E-state index contributed by atoms with van der Waals surface area (Å²) in [6.07, 6.45) is 1.75. The number of carboxylic acid groups (broad SMARTS) is 1. The summed E-state index contributed by atoms with van der Waals surface area (Å²) < 4.78 is 8.56. The van der Waals surface area contributed by atoms with Crippen molar-refractivity contribution in [3.05, 3.63) is 45.8 Å². The molecule has 3 aromatic rings. The summed E-state index contributed by atoms with van der Waals surface area (Å²) in [5, 5.41) is 9.39. The zero-order valence-corrected chi connectivity index (χ0v) is 16.0. The number of carbonyl (C=O) groups is 1. The first-order chi connectivity index (χ1) is 11.8. The quantitative estimate of drug-likeness (QED) is 0.627. The average Bonchev–Trinajstić information content (AvgIpc) is 2.94. The van der Waals surface area contributed by atoms with Gasteiger partial charge in [0.25, 0.3) is 0 Å². The van der Waals surface area contributed by atoms with E-state index in [1.54, 1.807) is 13.3 Å². The van der Waals surface area contributed by atoms with Crippen molar-refractivity contribution in [1.82, 2.24) is 14.5 Å². The zero-order valence-electron chi connectivity index (χ0n) is 14.4. The highest BCUT2D eigenvalue weighted by molar-refractivity contribution is 9.10. The summed E-state index contributed by atoms with van der Waals surface area (Å²) in [7, 11) is 0. The first kappa shape index (κ1) is 17.4. The number of benzene rings is 1. The monoisotopic (exact) mass is 403 g/mol. The summed E-state index contributed by atoms with van der Waals surface area (Å²) in [4.78, 5) is 20.3. The van der Waals surface area contributed by atoms with Gasteiger partial charge in [-0.05, 0) is 73.0 Å². The predicted octanol–water partition coefficient (Wildman–Crippen LogP) is 4.88. The van der Waals surface area contributed by atoms with Gasteiger partial charge in [-0.25, -0.2) is 14.8 Å². The van der Waals surface area contributed by atoms with Crippen LogP contribution < -0.4 is 4.74 Å². The summed E-state index contributed by atoms with van der Waals surface area (Å²) >= 11 is 3.37. The lowest BCUT2D eigenvalue weighted by molar-refractivity contribution is 0.0695. The van der Waals surface area contributed by atoms with E-state index < -0.39 is 5.97 Å². The van der Waals surface area contributed by atoms with Crippen LogP contribution in [0, 0.1) is 13.8 Å². The van der Waals surface area contributed by atoms with Gasteiger partial charge in [-0.2, -0.15) is 0 Å². The minimum atomic E-state index is -0.981. The van der Waals surface area contributed by atoms with Crippen molar-refractivity contribution < 1.29 is 14.6 Å². The Morgan fingerprint density at radius 3 is 2.64 bits per heavy atom. The molecule has 0 atom stereocenters. The number of nitrogens with zero attached hydrogens (tertiary/aromatic N) is 3. The van der Waals surface area contributed by atoms with E-state index in [2.05, 4.69) is 25.9 Å². The molecular weight excluding hydrogens is 386 g/mol. The van der Waals surface area contributed by atoms with Crippen molar-refractivity contribution in [3.63, 3.8) is 0 Å². The third-order valence-electron chi connectivity index (χ3n) is 4.13. The maximum absolute atomic E-state index is 11.5. The van der Waals surface area contributed by atoms with Crippen LogP contribution in [0.25, 0.3) is 11.0 Å². The predicted molar refractivity (Wildman–Crippen MR) is 98.6 cm³/mol. The lowest BCUT2D eigenvalue weighted by Crippen LogP contribution is -2.04. The van der Waals surface area contributed by atoms with Gasteiger partial charge in [0.15, 0.2) is 0 Å². The van der Waals surface area contributed by atoms with Crippen molar-refractivity contribution in [2.24, 2.45) is 0 Å². The van der Waals surface area contributed by atoms with Crippen LogP contribution in [0.15, 0.2) is 29.1 Å². The maximum Gasteiger partial charge on any atom is 0.336 e. The second kappa shape index (κ2) is 6.48. The first-order valence-electron chi connectivity index (χ1n) is 7.83. The Bertz CT molecular complexity index is 979. The van der Waals surface area contributed by atoms with E-state index in [-0.39, 0.29) is 11.6 Å². The third kappa shape index (κ3) is 3.24. The summed E-state index contributed by atoms with van der Waals surface area (Å²) in [6.45, 7) is 7.74. The van der Waals surface area contributed by atoms with Gasteiger partial charge in [0.2, 0.25) is 5.88 Å². The van der Waals surface area contributed by atoms with Crippen molar-refractivity contribution in [2.75, 3.05) is 0 Å². The molecule has 0 fully saturated rings. The van der Waals surface area contributed by atoms with Gasteiger partial charge in [0, 0.05) is 6.04 Å². The highest BCUT2D eigenvalue weighted by atomic mass is 79.9. The lowest BCUT2D eigenvalue weighted by Gasteiger charge is -2.14. The Labute approximate surface area is 153 Å². The number of hydrogen-bond acceptors (Lipinski definition) is 4. The molecule has 0 aliphatic carbocycles. The van der Waals surface area contributed by atoms with E-state index in [0.29, 0.717) is 16.2 Å². The molecule has 130 valence electrons. The number of aromatic carboxylic acids is 1. The molecule has 0 amide bonds. The van der Waals surface area contributed by atoms with E-state index in [9.17, 15) is 9.90 Å². The summed E-state index contributed by atoms with van der Waals surface area (Å²) in [6, 6.07) is 5.34. The molecule has 1 aromatic carbocycles. The van der Waals surface area contributed by atoms with Gasteiger partial charge < -0.3 is 14.4 Å². The van der Waals surface area contributed by atoms with Gasteiger partial charge in [0.1, 0.15) is 15.9 Å². The number of fused-ring (bicyclic) bond motifs is 1. The molecule has 0 spiro atoms. The van der Waals surface area contributed by atoms with Crippen LogP contribution >= 0.6 is 15.9 Å². The highest BCUT2D eigenvalue weighted by Crippen LogP contribution is 2.33. The normalized spacial score (nSPS) is 11.3. The van der Waals surface area contributed by atoms with Gasteiger partial charge in [-0.1, -0.05) is 0 Å². The van der Waals surface area contributed by atoms with E-state index in [4.69, 9.17) is 4.74 Å². The SMILES string of the molecule is Cc1cc(Oc2nc(Br)cc3ncn(C(C)C)c23)cc(C(=O)O)c1C. The number of halogens is 1. The minimum Gasteiger partial charge on any atom is -0.478 e. The number of hydrogen-bond donors (Lipinski definition) is 1. The number of ether oxygens (including phenoxy) is 1. The molecule has 25 heavy (non-hydrogen) atoms. The van der Waals surface area contributed by atoms with E-state index >= 15 is 0 Å². The maximum atomic E-state index is 11.5. The molecular formula is C18H18BrN3O3. The summed E-state index contributed by atoms with van der Waals surface area (Å²) in [5.41, 5.74) is 3.32. The topological polar surface area (TPSA) is 77.2 Å². The second-order valence-corrected chi connectivity index (χ2v) is 7.00. The van der Waals surface area contributed by atoms with Gasteiger partial charge in [-0.3, -0.25) is 0 Å². The molecule has 7 heteroatoms. The highest BCUT2D eigenvalue weighted by Gasteiger charge is 2.17. The van der Waals surface area contributed by atoms with Crippen molar-refractivity contribution in [1.29, 1.82) is 0 Å². The molecule has 0 unspecified atom stereocenters. The Kier molecular flexibility index (Phi) is 4.51. The lowest BCUT2D eigenvalue weighted by atomic mass is 10.0. The molecule has 2 heterocycles. The van der Waals surface area contributed by atoms with E-state index in [0.717, 1.165) is 22.2 Å². The van der Waals surface area contributed by atoms with Crippen LogP contribution in [-0.2, 0) is 0 Å². The van der Waals surface area contributed by atoms with Gasteiger partial charge >= 0.3 is 5.97 Å². The Balaban J connectivity index is 2.15. The Morgan fingerprint density at radius 2 is 2.00 bits per heavy atom. The fourth-order valence-corrected chi connectivity index (χ4v) is 3.06. The van der Waals surface area contributed by atoms with Gasteiger partial charge in [0.05, 0.1) is 17.4 Å². The number of aromatic nitrogens is 3. The number of imidazole rings is 1. The number of aryl methyl sites for hydroxylation is 1. The summed E-state index contributed by atoms with van der Waals surface area (Å²) in [5.74, 6) is -0.162. The smallest absolute Gasteiger partial charge is 0.336 e. The Hall–Kier alpha value is -2.41. The van der Waals surface area contributed by atoms with Crippen LogP contribution in [0.2, 0.25) is 0 Å². The van der Waals surface area contributed by atoms with Crippen molar-refractivity contribution in [2.45, 2.75) is 33.7 Å². The van der Waals surface area contributed by atoms with E-state index in [1.165, 1.54) is 6.07 Å². The molecule has 0 saturated heterocycles. The molecule has 1 N–H and O–H groups in total. The van der Waals surface area contributed by atoms with Crippen molar-refractivity contribution in [3.8, 4) is 11.6 Å². The molecule has 0 bridgehead atoms. The van der Waals surface area contributed by atoms with Crippen LogP contribution in [0.1, 0.15) is 41.4 Å². The molecule has 3 rings (SSSR count). The van der Waals surface area contributed by atoms with Crippen LogP contribution in [-0.4, -0.2) is 25.6 Å². The fourth-order valence-electron chi connectivity index (χ4n) is 2.68. The minimum absolute atomic E-state index is 0.185. The molecule has 2 aromatic heterocycles. The molecule has 0 aliphatic rings. The Morgan fingerprint density at radius 1 is 1.28 bits per heavy atom. The van der Waals surface area contributed by atoms with Crippen molar-refractivity contribution >= 4 is 32.9 Å². The average molecular weight is 404 g/mol. The first-order valence-corrected chi connectivity index (χ1v) is 8.62. The fraction of sp³-hybridized carbons (Fsp3) is 0.278. The van der Waals surface area contributed by atoms with Crippen LogP contribution in [0.4, 0.5) is 0 Å². The molecule has 0 aliphatic heterocycles. The third-order valence-corrected chi connectivity index (χ3v) is 4.54.